The third kappa shape index (κ3) is 2.05. The molecule has 0 unspecified atom stereocenters. The molecule has 0 aliphatic carbocycles. The lowest BCUT2D eigenvalue weighted by Crippen LogP contribution is -2.26. The first-order chi connectivity index (χ1) is 5.34. The van der Waals surface area contributed by atoms with Crippen molar-refractivity contribution in [2.75, 3.05) is 13.2 Å². The molecular formula is C6H8N2O3. The predicted molar refractivity (Wildman–Crippen MR) is 35.9 cm³/mol. The zero-order valence-electron chi connectivity index (χ0n) is 5.78. The number of carbonyl (C=O) groups is 1. The van der Waals surface area contributed by atoms with Crippen LogP contribution in [0.1, 0.15) is 10.5 Å². The summed E-state index contributed by atoms with van der Waals surface area (Å²) in [6.45, 7) is 0.148. The Hall–Kier alpha value is -1.36. The molecule has 0 spiro atoms. The first kappa shape index (κ1) is 7.74. The summed E-state index contributed by atoms with van der Waals surface area (Å²) >= 11 is 0. The number of oxazole rings is 1. The van der Waals surface area contributed by atoms with Crippen LogP contribution in [0.5, 0.6) is 0 Å². The highest BCUT2D eigenvalue weighted by Crippen LogP contribution is 1.92. The Labute approximate surface area is 63.0 Å². The van der Waals surface area contributed by atoms with Crippen LogP contribution in [-0.4, -0.2) is 29.1 Å². The highest BCUT2D eigenvalue weighted by atomic mass is 16.3. The maximum atomic E-state index is 10.9. The van der Waals surface area contributed by atoms with Crippen LogP contribution in [0.15, 0.2) is 17.1 Å². The summed E-state index contributed by atoms with van der Waals surface area (Å²) in [6.07, 6.45) is 2.42. The first-order valence-corrected chi connectivity index (χ1v) is 3.12. The highest BCUT2D eigenvalue weighted by molar-refractivity contribution is 5.91. The van der Waals surface area contributed by atoms with Crippen LogP contribution in [0.4, 0.5) is 0 Å². The lowest BCUT2D eigenvalue weighted by atomic mass is 10.4. The maximum absolute atomic E-state index is 10.9. The standard InChI is InChI=1S/C6H8N2O3/c9-2-1-7-6(10)5-3-11-4-8-5/h3-4,9H,1-2H2,(H,7,10). The van der Waals surface area contributed by atoms with Crippen molar-refractivity contribution in [2.24, 2.45) is 0 Å². The van der Waals surface area contributed by atoms with Crippen LogP contribution in [-0.2, 0) is 0 Å². The van der Waals surface area contributed by atoms with Gasteiger partial charge in [0.2, 0.25) is 0 Å². The number of aliphatic hydroxyl groups excluding tert-OH is 1. The molecule has 1 amide bonds. The number of nitrogens with one attached hydrogen (secondary N) is 1. The Kier molecular flexibility index (Phi) is 2.62. The van der Waals surface area contributed by atoms with Crippen LogP contribution in [0.25, 0.3) is 0 Å². The molecule has 1 heterocycles. The van der Waals surface area contributed by atoms with E-state index < -0.39 is 0 Å². The Morgan fingerprint density at radius 1 is 1.82 bits per heavy atom. The lowest BCUT2D eigenvalue weighted by molar-refractivity contribution is 0.0940. The van der Waals surface area contributed by atoms with Gasteiger partial charge in [0.25, 0.3) is 5.91 Å². The summed E-state index contributed by atoms with van der Waals surface area (Å²) in [5.74, 6) is -0.340. The van der Waals surface area contributed by atoms with E-state index in [0.29, 0.717) is 0 Å². The molecule has 1 aromatic heterocycles. The molecule has 0 atom stereocenters. The van der Waals surface area contributed by atoms with Gasteiger partial charge in [-0.05, 0) is 0 Å². The van der Waals surface area contributed by atoms with E-state index in [2.05, 4.69) is 14.7 Å². The van der Waals surface area contributed by atoms with Crippen molar-refractivity contribution in [1.29, 1.82) is 0 Å². The average molecular weight is 156 g/mol. The lowest BCUT2D eigenvalue weighted by Gasteiger charge is -1.96. The van der Waals surface area contributed by atoms with Gasteiger partial charge in [0.1, 0.15) is 6.26 Å². The molecule has 0 fully saturated rings. The zero-order chi connectivity index (χ0) is 8.10. The normalized spacial score (nSPS) is 9.55. The second-order valence-corrected chi connectivity index (χ2v) is 1.85. The maximum Gasteiger partial charge on any atom is 0.273 e. The fourth-order valence-electron chi connectivity index (χ4n) is 0.585. The van der Waals surface area contributed by atoms with Crippen LogP contribution < -0.4 is 5.32 Å². The molecule has 0 radical (unpaired) electrons. The Bertz CT molecular complexity index is 220. The Morgan fingerprint density at radius 2 is 2.64 bits per heavy atom. The molecule has 0 aliphatic rings. The molecule has 0 bridgehead atoms. The number of aromatic nitrogens is 1. The van der Waals surface area contributed by atoms with Gasteiger partial charge in [-0.15, -0.1) is 0 Å². The number of hydrogen-bond donors (Lipinski definition) is 2. The molecule has 2 N–H and O–H groups in total. The third-order valence-electron chi connectivity index (χ3n) is 1.06. The van der Waals surface area contributed by atoms with Crippen molar-refractivity contribution in [3.05, 3.63) is 18.4 Å². The topological polar surface area (TPSA) is 75.4 Å². The van der Waals surface area contributed by atoms with Gasteiger partial charge in [-0.3, -0.25) is 4.79 Å². The molecule has 1 aromatic rings. The summed E-state index contributed by atoms with van der Waals surface area (Å²) < 4.78 is 4.58. The molecule has 0 saturated carbocycles. The van der Waals surface area contributed by atoms with E-state index in [-0.39, 0.29) is 24.8 Å². The number of carbonyl (C=O) groups excluding carboxylic acids is 1. The number of amides is 1. The molecule has 0 aliphatic heterocycles. The van der Waals surface area contributed by atoms with Crippen molar-refractivity contribution < 1.29 is 14.3 Å². The van der Waals surface area contributed by atoms with Crippen molar-refractivity contribution >= 4 is 5.91 Å². The fourth-order valence-corrected chi connectivity index (χ4v) is 0.585. The average Bonchev–Trinajstić information content (AvgIpc) is 2.52. The first-order valence-electron chi connectivity index (χ1n) is 3.12. The van der Waals surface area contributed by atoms with E-state index in [4.69, 9.17) is 5.11 Å². The highest BCUT2D eigenvalue weighted by Gasteiger charge is 2.05. The smallest absolute Gasteiger partial charge is 0.273 e. The minimum atomic E-state index is -0.340. The summed E-state index contributed by atoms with van der Waals surface area (Å²) in [5.41, 5.74) is 0.221. The largest absolute Gasteiger partial charge is 0.451 e. The quantitative estimate of drug-likeness (QED) is 0.612. The van der Waals surface area contributed by atoms with Gasteiger partial charge in [0, 0.05) is 6.54 Å². The van der Waals surface area contributed by atoms with E-state index in [1.54, 1.807) is 0 Å². The Balaban J connectivity index is 2.43. The van der Waals surface area contributed by atoms with Crippen molar-refractivity contribution in [1.82, 2.24) is 10.3 Å². The number of aliphatic hydroxyl groups is 1. The van der Waals surface area contributed by atoms with E-state index in [0.717, 1.165) is 0 Å². The summed E-state index contributed by atoms with van der Waals surface area (Å²) in [5, 5.41) is 10.8. The van der Waals surface area contributed by atoms with Crippen molar-refractivity contribution in [3.63, 3.8) is 0 Å². The van der Waals surface area contributed by atoms with Gasteiger partial charge in [-0.2, -0.15) is 0 Å². The van der Waals surface area contributed by atoms with E-state index in [1.807, 2.05) is 0 Å². The second-order valence-electron chi connectivity index (χ2n) is 1.85. The minimum absolute atomic E-state index is 0.0798. The van der Waals surface area contributed by atoms with Crippen LogP contribution in [0, 0.1) is 0 Å². The molecule has 5 nitrogen and oxygen atoms in total. The third-order valence-corrected chi connectivity index (χ3v) is 1.06. The fraction of sp³-hybridized carbons (Fsp3) is 0.333. The monoisotopic (exact) mass is 156 g/mol. The van der Waals surface area contributed by atoms with Crippen LogP contribution in [0.3, 0.4) is 0 Å². The van der Waals surface area contributed by atoms with Gasteiger partial charge in [-0.1, -0.05) is 0 Å². The molecule has 1 rings (SSSR count). The molecule has 0 saturated heterocycles. The summed E-state index contributed by atoms with van der Waals surface area (Å²) in [4.78, 5) is 14.5. The van der Waals surface area contributed by atoms with E-state index in [9.17, 15) is 4.79 Å². The second kappa shape index (κ2) is 3.72. The van der Waals surface area contributed by atoms with Gasteiger partial charge >= 0.3 is 0 Å². The number of hydrogen-bond acceptors (Lipinski definition) is 4. The van der Waals surface area contributed by atoms with Crippen LogP contribution >= 0.6 is 0 Å². The van der Waals surface area contributed by atoms with Crippen LogP contribution in [0.2, 0.25) is 0 Å². The van der Waals surface area contributed by atoms with Crippen molar-refractivity contribution in [3.8, 4) is 0 Å². The molecular weight excluding hydrogens is 148 g/mol. The number of rotatable bonds is 3. The van der Waals surface area contributed by atoms with Crippen molar-refractivity contribution in [2.45, 2.75) is 0 Å². The number of nitrogens with zero attached hydrogens (tertiary/aromatic N) is 1. The Morgan fingerprint density at radius 3 is 3.18 bits per heavy atom. The molecule has 11 heavy (non-hydrogen) atoms. The van der Waals surface area contributed by atoms with E-state index in [1.165, 1.54) is 12.7 Å². The summed E-state index contributed by atoms with van der Waals surface area (Å²) in [7, 11) is 0. The molecule has 5 heteroatoms. The minimum Gasteiger partial charge on any atom is -0.451 e. The van der Waals surface area contributed by atoms with Gasteiger partial charge in [-0.25, -0.2) is 4.98 Å². The van der Waals surface area contributed by atoms with Gasteiger partial charge < -0.3 is 14.8 Å². The predicted octanol–water partition coefficient (Wildman–Crippen LogP) is -0.603. The molecule has 0 aromatic carbocycles. The van der Waals surface area contributed by atoms with Gasteiger partial charge in [0.05, 0.1) is 6.61 Å². The molecule has 60 valence electrons. The SMILES string of the molecule is O=C(NCCO)c1cocn1. The van der Waals surface area contributed by atoms with E-state index >= 15 is 0 Å². The van der Waals surface area contributed by atoms with Gasteiger partial charge in [0.15, 0.2) is 12.1 Å². The summed E-state index contributed by atoms with van der Waals surface area (Å²) in [6, 6.07) is 0. The zero-order valence-corrected chi connectivity index (χ0v) is 5.78.